The van der Waals surface area contributed by atoms with Gasteiger partial charge < -0.3 is 10.1 Å². The predicted molar refractivity (Wildman–Crippen MR) is 86.0 cm³/mol. The molecule has 2 heterocycles. The highest BCUT2D eigenvalue weighted by Crippen LogP contribution is 2.22. The quantitative estimate of drug-likeness (QED) is 0.758. The van der Waals surface area contributed by atoms with Crippen LogP contribution in [0.1, 0.15) is 16.1 Å². The van der Waals surface area contributed by atoms with Crippen LogP contribution in [0.15, 0.2) is 54.9 Å². The van der Waals surface area contributed by atoms with Crippen molar-refractivity contribution in [3.63, 3.8) is 0 Å². The fourth-order valence-electron chi connectivity index (χ4n) is 2.15. The Balaban J connectivity index is 1.69. The summed E-state index contributed by atoms with van der Waals surface area (Å²) in [6.45, 7) is 0.417. The minimum absolute atomic E-state index is 0.213. The van der Waals surface area contributed by atoms with E-state index in [0.717, 1.165) is 16.9 Å². The number of ether oxygens (including phenoxy) is 1. The molecule has 0 saturated carbocycles. The number of rotatable bonds is 5. The van der Waals surface area contributed by atoms with Crippen LogP contribution in [0.25, 0.3) is 11.3 Å². The van der Waals surface area contributed by atoms with Crippen molar-refractivity contribution in [3.05, 3.63) is 66.1 Å². The highest BCUT2D eigenvalue weighted by Gasteiger charge is 2.11. The second-order valence-electron chi connectivity index (χ2n) is 4.94. The van der Waals surface area contributed by atoms with Gasteiger partial charge in [-0.05, 0) is 29.8 Å². The highest BCUT2D eigenvalue weighted by atomic mass is 16.5. The molecule has 6 heteroatoms. The van der Waals surface area contributed by atoms with Crippen LogP contribution in [0.2, 0.25) is 0 Å². The highest BCUT2D eigenvalue weighted by molar-refractivity contribution is 5.93. The van der Waals surface area contributed by atoms with E-state index >= 15 is 0 Å². The Kier molecular flexibility index (Phi) is 4.33. The van der Waals surface area contributed by atoms with Crippen LogP contribution in [0.4, 0.5) is 0 Å². The van der Waals surface area contributed by atoms with Gasteiger partial charge in [0.15, 0.2) is 0 Å². The third kappa shape index (κ3) is 3.55. The lowest BCUT2D eigenvalue weighted by atomic mass is 10.1. The predicted octanol–water partition coefficient (Wildman–Crippen LogP) is 2.41. The molecule has 6 nitrogen and oxygen atoms in total. The van der Waals surface area contributed by atoms with Gasteiger partial charge in [-0.3, -0.25) is 14.9 Å². The normalized spacial score (nSPS) is 10.3. The first-order valence-electron chi connectivity index (χ1n) is 7.13. The van der Waals surface area contributed by atoms with E-state index in [-0.39, 0.29) is 5.91 Å². The van der Waals surface area contributed by atoms with Crippen LogP contribution in [-0.2, 0) is 6.54 Å². The fourth-order valence-corrected chi connectivity index (χ4v) is 2.15. The average molecular weight is 308 g/mol. The first-order valence-corrected chi connectivity index (χ1v) is 7.13. The van der Waals surface area contributed by atoms with Gasteiger partial charge in [0.05, 0.1) is 12.8 Å². The lowest BCUT2D eigenvalue weighted by molar-refractivity contribution is 0.0946. The number of benzene rings is 1. The molecule has 0 aliphatic rings. The molecule has 23 heavy (non-hydrogen) atoms. The standard InChI is InChI=1S/C17H16N4O2/c1-23-14-6-2-5-13(8-14)15-9-16(21-20-15)17(22)19-11-12-4-3-7-18-10-12/h2-10H,11H2,1H3,(H,19,22)(H,20,21). The third-order valence-corrected chi connectivity index (χ3v) is 3.36. The van der Waals surface area contributed by atoms with Gasteiger partial charge in [-0.25, -0.2) is 0 Å². The zero-order valence-electron chi connectivity index (χ0n) is 12.6. The van der Waals surface area contributed by atoms with Crippen molar-refractivity contribution in [1.29, 1.82) is 0 Å². The van der Waals surface area contributed by atoms with E-state index in [1.54, 1.807) is 25.6 Å². The fraction of sp³-hybridized carbons (Fsp3) is 0.118. The Morgan fingerprint density at radius 1 is 1.26 bits per heavy atom. The Bertz CT molecular complexity index is 799. The topological polar surface area (TPSA) is 79.9 Å². The lowest BCUT2D eigenvalue weighted by Gasteiger charge is -2.02. The second kappa shape index (κ2) is 6.74. The molecule has 2 aromatic heterocycles. The van der Waals surface area contributed by atoms with E-state index in [1.165, 1.54) is 0 Å². The number of amides is 1. The van der Waals surface area contributed by atoms with Crippen molar-refractivity contribution in [1.82, 2.24) is 20.5 Å². The summed E-state index contributed by atoms with van der Waals surface area (Å²) in [5, 5.41) is 9.77. The molecule has 1 aromatic carbocycles. The Morgan fingerprint density at radius 3 is 2.96 bits per heavy atom. The Morgan fingerprint density at radius 2 is 2.17 bits per heavy atom. The number of H-pyrrole nitrogens is 1. The number of methoxy groups -OCH3 is 1. The molecule has 116 valence electrons. The van der Waals surface area contributed by atoms with Gasteiger partial charge >= 0.3 is 0 Å². The molecule has 3 aromatic rings. The van der Waals surface area contributed by atoms with Gasteiger partial charge in [-0.15, -0.1) is 0 Å². The van der Waals surface area contributed by atoms with Crippen LogP contribution in [0.5, 0.6) is 5.75 Å². The molecule has 0 unspecified atom stereocenters. The van der Waals surface area contributed by atoms with E-state index in [1.807, 2.05) is 36.4 Å². The molecule has 0 fully saturated rings. The number of hydrogen-bond donors (Lipinski definition) is 2. The van der Waals surface area contributed by atoms with Crippen molar-refractivity contribution in [2.75, 3.05) is 7.11 Å². The van der Waals surface area contributed by atoms with Gasteiger partial charge in [0.1, 0.15) is 11.4 Å². The van der Waals surface area contributed by atoms with Gasteiger partial charge in [0.25, 0.3) is 5.91 Å². The van der Waals surface area contributed by atoms with Gasteiger partial charge in [-0.1, -0.05) is 18.2 Å². The number of nitrogens with one attached hydrogen (secondary N) is 2. The first-order chi connectivity index (χ1) is 11.3. The van der Waals surface area contributed by atoms with Gasteiger partial charge in [-0.2, -0.15) is 5.10 Å². The maximum absolute atomic E-state index is 12.2. The second-order valence-corrected chi connectivity index (χ2v) is 4.94. The summed E-state index contributed by atoms with van der Waals surface area (Å²) in [7, 11) is 1.61. The van der Waals surface area contributed by atoms with E-state index in [0.29, 0.717) is 17.9 Å². The van der Waals surface area contributed by atoms with E-state index in [2.05, 4.69) is 20.5 Å². The summed E-state index contributed by atoms with van der Waals surface area (Å²) >= 11 is 0. The number of hydrogen-bond acceptors (Lipinski definition) is 4. The SMILES string of the molecule is COc1cccc(-c2cc(C(=O)NCc3cccnc3)[nH]n2)c1. The van der Waals surface area contributed by atoms with Crippen LogP contribution in [-0.4, -0.2) is 28.2 Å². The molecule has 0 aliphatic heterocycles. The third-order valence-electron chi connectivity index (χ3n) is 3.36. The van der Waals surface area contributed by atoms with Crippen molar-refractivity contribution in [2.45, 2.75) is 6.54 Å². The number of aromatic amines is 1. The summed E-state index contributed by atoms with van der Waals surface area (Å²) in [5.41, 5.74) is 2.92. The molecule has 3 rings (SSSR count). The zero-order valence-corrected chi connectivity index (χ0v) is 12.6. The van der Waals surface area contributed by atoms with Gasteiger partial charge in [0, 0.05) is 24.5 Å². The zero-order chi connectivity index (χ0) is 16.1. The Labute approximate surface area is 133 Å². The van der Waals surface area contributed by atoms with Crippen LogP contribution < -0.4 is 10.1 Å². The minimum Gasteiger partial charge on any atom is -0.497 e. The van der Waals surface area contributed by atoms with Gasteiger partial charge in [0.2, 0.25) is 0 Å². The van der Waals surface area contributed by atoms with Crippen molar-refractivity contribution >= 4 is 5.91 Å². The smallest absolute Gasteiger partial charge is 0.269 e. The summed E-state index contributed by atoms with van der Waals surface area (Å²) in [4.78, 5) is 16.2. The van der Waals surface area contributed by atoms with Crippen LogP contribution in [0, 0.1) is 0 Å². The maximum Gasteiger partial charge on any atom is 0.269 e. The number of carbonyl (C=O) groups is 1. The summed E-state index contributed by atoms with van der Waals surface area (Å²) in [5.74, 6) is 0.531. The molecule has 0 radical (unpaired) electrons. The number of aromatic nitrogens is 3. The lowest BCUT2D eigenvalue weighted by Crippen LogP contribution is -2.23. The Hall–Kier alpha value is -3.15. The monoisotopic (exact) mass is 308 g/mol. The maximum atomic E-state index is 12.2. The summed E-state index contributed by atoms with van der Waals surface area (Å²) in [6, 6.07) is 13.0. The van der Waals surface area contributed by atoms with E-state index < -0.39 is 0 Å². The largest absolute Gasteiger partial charge is 0.497 e. The van der Waals surface area contributed by atoms with Crippen LogP contribution >= 0.6 is 0 Å². The van der Waals surface area contributed by atoms with E-state index in [9.17, 15) is 4.79 Å². The minimum atomic E-state index is -0.213. The molecule has 2 N–H and O–H groups in total. The summed E-state index contributed by atoms with van der Waals surface area (Å²) in [6.07, 6.45) is 3.41. The molecule has 0 saturated heterocycles. The molecule has 0 aliphatic carbocycles. The van der Waals surface area contributed by atoms with Crippen molar-refractivity contribution in [3.8, 4) is 17.0 Å². The molecule has 1 amide bonds. The molecule has 0 bridgehead atoms. The molecule has 0 spiro atoms. The first kappa shape index (κ1) is 14.8. The molecular formula is C17H16N4O2. The van der Waals surface area contributed by atoms with Crippen LogP contribution in [0.3, 0.4) is 0 Å². The average Bonchev–Trinajstić information content (AvgIpc) is 3.11. The van der Waals surface area contributed by atoms with E-state index in [4.69, 9.17) is 4.74 Å². The number of pyridine rings is 1. The molecular weight excluding hydrogens is 292 g/mol. The van der Waals surface area contributed by atoms with Crippen molar-refractivity contribution in [2.24, 2.45) is 0 Å². The number of nitrogens with zero attached hydrogens (tertiary/aromatic N) is 2. The molecule has 0 atom stereocenters. The summed E-state index contributed by atoms with van der Waals surface area (Å²) < 4.78 is 5.19. The van der Waals surface area contributed by atoms with Crippen molar-refractivity contribution < 1.29 is 9.53 Å². The number of carbonyl (C=O) groups excluding carboxylic acids is 1.